The maximum absolute atomic E-state index is 12.6. The Labute approximate surface area is 172 Å². The molecule has 0 radical (unpaired) electrons. The van der Waals surface area contributed by atoms with E-state index in [1.54, 1.807) is 30.5 Å². The number of hydrogen-bond donors (Lipinski definition) is 1. The van der Waals surface area contributed by atoms with Crippen molar-refractivity contribution in [3.05, 3.63) is 59.8 Å². The molecule has 0 aliphatic heterocycles. The highest BCUT2D eigenvalue weighted by Crippen LogP contribution is 2.40. The van der Waals surface area contributed by atoms with Crippen molar-refractivity contribution in [1.29, 1.82) is 0 Å². The smallest absolute Gasteiger partial charge is 0.237 e. The average Bonchev–Trinajstić information content (AvgIpc) is 3.28. The monoisotopic (exact) mass is 410 g/mol. The van der Waals surface area contributed by atoms with E-state index in [0.29, 0.717) is 28.9 Å². The van der Waals surface area contributed by atoms with Gasteiger partial charge in [-0.2, -0.15) is 0 Å². The molecular formula is C21H22N4O3S. The fourth-order valence-electron chi connectivity index (χ4n) is 2.98. The van der Waals surface area contributed by atoms with E-state index in [2.05, 4.69) is 15.5 Å². The molecule has 3 aromatic rings. The van der Waals surface area contributed by atoms with Crippen molar-refractivity contribution in [2.24, 2.45) is 0 Å². The highest BCUT2D eigenvalue weighted by Gasteiger charge is 2.31. The predicted molar refractivity (Wildman–Crippen MR) is 110 cm³/mol. The van der Waals surface area contributed by atoms with Crippen LogP contribution in [0, 0.1) is 0 Å². The van der Waals surface area contributed by atoms with Gasteiger partial charge in [-0.25, -0.2) is 0 Å². The number of ketones is 1. The summed E-state index contributed by atoms with van der Waals surface area (Å²) in [7, 11) is 0. The van der Waals surface area contributed by atoms with E-state index in [-0.39, 0.29) is 16.9 Å². The first-order valence-electron chi connectivity index (χ1n) is 9.55. The molecule has 7 nitrogen and oxygen atoms in total. The molecule has 1 saturated carbocycles. The normalized spacial score (nSPS) is 14.6. The quantitative estimate of drug-likeness (QED) is 0.444. The fraction of sp³-hybridized carbons (Fsp3) is 0.333. The van der Waals surface area contributed by atoms with Crippen LogP contribution in [-0.4, -0.2) is 31.7 Å². The Morgan fingerprint density at radius 2 is 2.00 bits per heavy atom. The molecule has 1 N–H and O–H groups in total. The molecule has 2 heterocycles. The molecule has 4 rings (SSSR count). The molecule has 1 aliphatic rings. The van der Waals surface area contributed by atoms with Gasteiger partial charge in [-0.3, -0.25) is 14.2 Å². The molecule has 29 heavy (non-hydrogen) atoms. The standard InChI is InChI=1S/C21H22N4O3S/c1-13(26)15-7-9-17(10-8-15)22-20(27)14(2)29-21-24-23-19(16-5-6-16)25(21)12-18-4-3-11-28-18/h3-4,7-11,14,16H,5-6,12H2,1-2H3,(H,22,27). The number of furan rings is 1. The van der Waals surface area contributed by atoms with Crippen LogP contribution in [0.2, 0.25) is 0 Å². The number of nitrogens with one attached hydrogen (secondary N) is 1. The van der Waals surface area contributed by atoms with Gasteiger partial charge in [-0.15, -0.1) is 10.2 Å². The van der Waals surface area contributed by atoms with Crippen LogP contribution in [0.4, 0.5) is 5.69 Å². The third kappa shape index (κ3) is 4.59. The van der Waals surface area contributed by atoms with E-state index in [4.69, 9.17) is 4.42 Å². The minimum Gasteiger partial charge on any atom is -0.467 e. The summed E-state index contributed by atoms with van der Waals surface area (Å²) in [4.78, 5) is 24.0. The molecule has 1 fully saturated rings. The Bertz CT molecular complexity index is 1010. The van der Waals surface area contributed by atoms with E-state index >= 15 is 0 Å². The third-order valence-corrected chi connectivity index (χ3v) is 5.87. The topological polar surface area (TPSA) is 90.0 Å². The van der Waals surface area contributed by atoms with E-state index in [0.717, 1.165) is 24.4 Å². The first kappa shape index (κ1) is 19.4. The summed E-state index contributed by atoms with van der Waals surface area (Å²) >= 11 is 1.37. The summed E-state index contributed by atoms with van der Waals surface area (Å²) in [5, 5.41) is 11.9. The molecule has 1 amide bonds. The van der Waals surface area contributed by atoms with Crippen molar-refractivity contribution in [1.82, 2.24) is 14.8 Å². The SMILES string of the molecule is CC(=O)c1ccc(NC(=O)C(C)Sc2nnc(C3CC3)n2Cc2ccco2)cc1. The van der Waals surface area contributed by atoms with Crippen LogP contribution in [-0.2, 0) is 11.3 Å². The van der Waals surface area contributed by atoms with E-state index < -0.39 is 0 Å². The largest absolute Gasteiger partial charge is 0.467 e. The molecule has 0 spiro atoms. The Hall–Kier alpha value is -2.87. The minimum atomic E-state index is -0.367. The summed E-state index contributed by atoms with van der Waals surface area (Å²) in [6.45, 7) is 3.91. The maximum Gasteiger partial charge on any atom is 0.237 e. The number of benzene rings is 1. The second-order valence-corrected chi connectivity index (χ2v) is 8.47. The van der Waals surface area contributed by atoms with Crippen LogP contribution in [0.5, 0.6) is 0 Å². The van der Waals surface area contributed by atoms with Gasteiger partial charge in [-0.05, 0) is 63.1 Å². The van der Waals surface area contributed by atoms with Gasteiger partial charge in [0.15, 0.2) is 10.9 Å². The van der Waals surface area contributed by atoms with Gasteiger partial charge >= 0.3 is 0 Å². The van der Waals surface area contributed by atoms with Crippen LogP contribution in [0.25, 0.3) is 0 Å². The van der Waals surface area contributed by atoms with Crippen molar-refractivity contribution < 1.29 is 14.0 Å². The lowest BCUT2D eigenvalue weighted by atomic mass is 10.1. The van der Waals surface area contributed by atoms with Crippen LogP contribution in [0.3, 0.4) is 0 Å². The van der Waals surface area contributed by atoms with E-state index in [1.165, 1.54) is 18.7 Å². The van der Waals surface area contributed by atoms with Gasteiger partial charge < -0.3 is 9.73 Å². The first-order chi connectivity index (χ1) is 14.0. The minimum absolute atomic E-state index is 0.00541. The Morgan fingerprint density at radius 1 is 1.24 bits per heavy atom. The molecule has 0 bridgehead atoms. The van der Waals surface area contributed by atoms with Gasteiger partial charge in [0.05, 0.1) is 18.1 Å². The number of nitrogens with zero attached hydrogens (tertiary/aromatic N) is 3. The molecule has 1 unspecified atom stereocenters. The molecule has 150 valence electrons. The lowest BCUT2D eigenvalue weighted by Crippen LogP contribution is -2.23. The van der Waals surface area contributed by atoms with Gasteiger partial charge in [0.1, 0.15) is 11.6 Å². The number of carbonyl (C=O) groups is 2. The first-order valence-corrected chi connectivity index (χ1v) is 10.4. The second kappa shape index (κ2) is 8.24. The van der Waals surface area contributed by atoms with E-state index in [9.17, 15) is 9.59 Å². The lowest BCUT2D eigenvalue weighted by molar-refractivity contribution is -0.115. The zero-order chi connectivity index (χ0) is 20.4. The summed E-state index contributed by atoms with van der Waals surface area (Å²) in [6, 6.07) is 10.7. The predicted octanol–water partition coefficient (Wildman–Crippen LogP) is 4.12. The third-order valence-electron chi connectivity index (χ3n) is 4.79. The molecule has 0 saturated heterocycles. The molecule has 1 aromatic carbocycles. The highest BCUT2D eigenvalue weighted by molar-refractivity contribution is 8.00. The second-order valence-electron chi connectivity index (χ2n) is 7.16. The van der Waals surface area contributed by atoms with Gasteiger partial charge in [0.2, 0.25) is 5.91 Å². The number of aromatic nitrogens is 3. The molecule has 2 aromatic heterocycles. The molecular weight excluding hydrogens is 388 g/mol. The van der Waals surface area contributed by atoms with Gasteiger partial charge in [-0.1, -0.05) is 11.8 Å². The van der Waals surface area contributed by atoms with Crippen molar-refractivity contribution in [2.75, 3.05) is 5.32 Å². The molecule has 1 aliphatic carbocycles. The summed E-state index contributed by atoms with van der Waals surface area (Å²) < 4.78 is 7.53. The molecule has 8 heteroatoms. The van der Waals surface area contributed by atoms with Crippen molar-refractivity contribution in [3.8, 4) is 0 Å². The fourth-order valence-corrected chi connectivity index (χ4v) is 3.84. The summed E-state index contributed by atoms with van der Waals surface area (Å²) in [5.41, 5.74) is 1.27. The van der Waals surface area contributed by atoms with Crippen LogP contribution in [0.1, 0.15) is 54.5 Å². The number of Topliss-reactive ketones (excluding diaryl/α,β-unsaturated/α-hetero) is 1. The number of rotatable bonds is 8. The summed E-state index contributed by atoms with van der Waals surface area (Å²) in [6.07, 6.45) is 3.89. The number of thioether (sulfide) groups is 1. The Morgan fingerprint density at radius 3 is 2.62 bits per heavy atom. The number of carbonyl (C=O) groups excluding carboxylic acids is 2. The van der Waals surface area contributed by atoms with Crippen LogP contribution in [0.15, 0.2) is 52.2 Å². The van der Waals surface area contributed by atoms with Crippen LogP contribution < -0.4 is 5.32 Å². The number of anilines is 1. The van der Waals surface area contributed by atoms with Crippen molar-refractivity contribution in [2.45, 2.75) is 49.6 Å². The van der Waals surface area contributed by atoms with Gasteiger partial charge in [0, 0.05) is 17.2 Å². The highest BCUT2D eigenvalue weighted by atomic mass is 32.2. The van der Waals surface area contributed by atoms with Crippen molar-refractivity contribution >= 4 is 29.1 Å². The Balaban J connectivity index is 1.45. The maximum atomic E-state index is 12.6. The van der Waals surface area contributed by atoms with E-state index in [1.807, 2.05) is 23.6 Å². The van der Waals surface area contributed by atoms with Gasteiger partial charge in [0.25, 0.3) is 0 Å². The number of amides is 1. The van der Waals surface area contributed by atoms with Crippen LogP contribution >= 0.6 is 11.8 Å². The Kier molecular flexibility index (Phi) is 5.53. The molecule has 1 atom stereocenters. The zero-order valence-electron chi connectivity index (χ0n) is 16.3. The van der Waals surface area contributed by atoms with Crippen molar-refractivity contribution in [3.63, 3.8) is 0 Å². The summed E-state index contributed by atoms with van der Waals surface area (Å²) in [5.74, 6) is 2.09. The zero-order valence-corrected chi connectivity index (χ0v) is 17.1. The average molecular weight is 410 g/mol. The lowest BCUT2D eigenvalue weighted by Gasteiger charge is -2.13. The number of hydrogen-bond acceptors (Lipinski definition) is 6.